The summed E-state index contributed by atoms with van der Waals surface area (Å²) in [5.74, 6) is 0. The van der Waals surface area contributed by atoms with Gasteiger partial charge in [0.05, 0.1) is 11.2 Å². The van der Waals surface area contributed by atoms with Gasteiger partial charge in [-0.2, -0.15) is 0 Å². The predicted molar refractivity (Wildman–Crippen MR) is 239 cm³/mol. The minimum atomic E-state index is 0.0353. The van der Waals surface area contributed by atoms with E-state index in [4.69, 9.17) is 4.42 Å². The van der Waals surface area contributed by atoms with Gasteiger partial charge in [-0.3, -0.25) is 0 Å². The molecular weight excluding hydrogens is 687 g/mol. The molecule has 1 aliphatic rings. The molecule has 1 aliphatic heterocycles. The zero-order valence-electron chi connectivity index (χ0n) is 32.0. The average molecular weight is 728 g/mol. The van der Waals surface area contributed by atoms with Crippen molar-refractivity contribution in [3.63, 3.8) is 0 Å². The van der Waals surface area contributed by atoms with Gasteiger partial charge in [-0.15, -0.1) is 11.3 Å². The fraction of sp³-hybridized carbons (Fsp3) is 0.160. The SMILES string of the molecule is CC(C)(C)c1ccc(Nc2cc3ccccc3cc2-c2ccc3c4cc5c(cc4n4c3c2[B]c2sc3ccc(C(C)(C)C)cc3c2-4)oc2ccccc25)cc1. The summed E-state index contributed by atoms with van der Waals surface area (Å²) in [5, 5.41) is 12.4. The monoisotopic (exact) mass is 727 g/mol. The number of thiophene rings is 1. The highest BCUT2D eigenvalue weighted by Gasteiger charge is 2.31. The summed E-state index contributed by atoms with van der Waals surface area (Å²) in [4.78, 5) is 0. The minimum Gasteiger partial charge on any atom is -0.456 e. The third kappa shape index (κ3) is 4.95. The van der Waals surface area contributed by atoms with Crippen LogP contribution in [0.2, 0.25) is 0 Å². The number of hydrogen-bond acceptors (Lipinski definition) is 3. The molecule has 7 aromatic carbocycles. The quantitative estimate of drug-likeness (QED) is 0.184. The van der Waals surface area contributed by atoms with Crippen LogP contribution in [-0.2, 0) is 10.8 Å². The minimum absolute atomic E-state index is 0.0353. The lowest BCUT2D eigenvalue weighted by Crippen LogP contribution is -2.35. The molecule has 0 amide bonds. The Kier molecular flexibility index (Phi) is 6.75. The van der Waals surface area contributed by atoms with E-state index in [0.717, 1.165) is 33.3 Å². The fourth-order valence-electron chi connectivity index (χ4n) is 8.77. The van der Waals surface area contributed by atoms with Crippen molar-refractivity contribution < 1.29 is 4.42 Å². The molecule has 0 unspecified atom stereocenters. The zero-order chi connectivity index (χ0) is 37.4. The Balaban J connectivity index is 1.21. The lowest BCUT2D eigenvalue weighted by molar-refractivity contribution is 0.590. The van der Waals surface area contributed by atoms with Crippen molar-refractivity contribution >= 4 is 105 Å². The number of para-hydroxylation sites is 1. The molecule has 0 saturated heterocycles. The van der Waals surface area contributed by atoms with Crippen molar-refractivity contribution in [3.8, 4) is 16.8 Å². The van der Waals surface area contributed by atoms with Crippen LogP contribution >= 0.6 is 11.3 Å². The zero-order valence-corrected chi connectivity index (χ0v) is 32.8. The smallest absolute Gasteiger partial charge is 0.211 e. The fourth-order valence-corrected chi connectivity index (χ4v) is 9.88. The molecule has 3 aromatic heterocycles. The Morgan fingerprint density at radius 1 is 0.582 bits per heavy atom. The van der Waals surface area contributed by atoms with Crippen molar-refractivity contribution in [1.29, 1.82) is 0 Å². The Morgan fingerprint density at radius 3 is 2.09 bits per heavy atom. The predicted octanol–water partition coefficient (Wildman–Crippen LogP) is 13.0. The van der Waals surface area contributed by atoms with Crippen LogP contribution in [-0.4, -0.2) is 11.8 Å². The van der Waals surface area contributed by atoms with E-state index in [1.165, 1.54) is 80.8 Å². The third-order valence-electron chi connectivity index (χ3n) is 11.7. The van der Waals surface area contributed by atoms with E-state index in [0.29, 0.717) is 0 Å². The second-order valence-corrected chi connectivity index (χ2v) is 18.4. The summed E-state index contributed by atoms with van der Waals surface area (Å²) in [6.07, 6.45) is 0. The van der Waals surface area contributed by atoms with Gasteiger partial charge in [0, 0.05) is 60.2 Å². The van der Waals surface area contributed by atoms with Crippen molar-refractivity contribution in [3.05, 3.63) is 139 Å². The second-order valence-electron chi connectivity index (χ2n) is 17.3. The number of fused-ring (bicyclic) bond motifs is 11. The molecule has 0 bridgehead atoms. The standard InChI is InChI=1S/C50H40BN2OS/c1-49(2,3)30-15-18-32(19-16-30)52-40-24-29-12-8-7-11-28(29)23-36(40)34-20-21-35-37-26-38-33-13-9-10-14-42(33)54-43(38)27-41(37)53-46(35)45(34)51-48-47(53)39-25-31(50(4,5)6)17-22-44(39)55-48/h7-27,52H,1-6H3. The molecule has 5 heteroatoms. The van der Waals surface area contributed by atoms with Crippen LogP contribution in [0.1, 0.15) is 52.7 Å². The average Bonchev–Trinajstić information content (AvgIpc) is 3.82. The van der Waals surface area contributed by atoms with E-state index in [-0.39, 0.29) is 10.8 Å². The number of hydrogen-bond donors (Lipinski definition) is 1. The van der Waals surface area contributed by atoms with Gasteiger partial charge in [0.15, 0.2) is 0 Å². The molecule has 55 heavy (non-hydrogen) atoms. The van der Waals surface area contributed by atoms with Gasteiger partial charge in [0.1, 0.15) is 11.2 Å². The Morgan fingerprint density at radius 2 is 1.31 bits per heavy atom. The molecule has 3 nitrogen and oxygen atoms in total. The first-order valence-electron chi connectivity index (χ1n) is 19.2. The Hall–Kier alpha value is -5.78. The van der Waals surface area contributed by atoms with E-state index in [2.05, 4.69) is 186 Å². The third-order valence-corrected chi connectivity index (χ3v) is 12.8. The van der Waals surface area contributed by atoms with Crippen LogP contribution < -0.4 is 15.6 Å². The lowest BCUT2D eigenvalue weighted by Gasteiger charge is -2.23. The van der Waals surface area contributed by atoms with Gasteiger partial charge in [0.2, 0.25) is 7.28 Å². The number of anilines is 2. The topological polar surface area (TPSA) is 30.1 Å². The summed E-state index contributed by atoms with van der Waals surface area (Å²) in [7, 11) is 2.46. The first-order chi connectivity index (χ1) is 26.5. The summed E-state index contributed by atoms with van der Waals surface area (Å²) < 4.78 is 11.7. The lowest BCUT2D eigenvalue weighted by atomic mass is 9.63. The van der Waals surface area contributed by atoms with Crippen LogP contribution in [0, 0.1) is 0 Å². The van der Waals surface area contributed by atoms with Crippen LogP contribution in [0.4, 0.5) is 11.4 Å². The molecule has 1 radical (unpaired) electrons. The van der Waals surface area contributed by atoms with Gasteiger partial charge in [-0.25, -0.2) is 0 Å². The largest absolute Gasteiger partial charge is 0.456 e. The maximum absolute atomic E-state index is 6.53. The number of nitrogens with zero attached hydrogens (tertiary/aromatic N) is 1. The molecule has 0 atom stereocenters. The summed E-state index contributed by atoms with van der Waals surface area (Å²) in [6.45, 7) is 13.7. The van der Waals surface area contributed by atoms with Crippen molar-refractivity contribution in [2.24, 2.45) is 0 Å². The molecule has 265 valence electrons. The van der Waals surface area contributed by atoms with Gasteiger partial charge in [0.25, 0.3) is 0 Å². The van der Waals surface area contributed by atoms with Gasteiger partial charge < -0.3 is 14.3 Å². The summed E-state index contributed by atoms with van der Waals surface area (Å²) in [5.41, 5.74) is 14.1. The van der Waals surface area contributed by atoms with Crippen LogP contribution in [0.15, 0.2) is 132 Å². The van der Waals surface area contributed by atoms with Crippen molar-refractivity contribution in [2.45, 2.75) is 52.4 Å². The molecular formula is C50H40BN2OS. The second kappa shape index (κ2) is 11.4. The molecule has 0 fully saturated rings. The van der Waals surface area contributed by atoms with Crippen molar-refractivity contribution in [2.75, 3.05) is 5.32 Å². The van der Waals surface area contributed by atoms with E-state index in [9.17, 15) is 0 Å². The highest BCUT2D eigenvalue weighted by atomic mass is 32.1. The maximum atomic E-state index is 6.53. The molecule has 0 aliphatic carbocycles. The van der Waals surface area contributed by atoms with E-state index >= 15 is 0 Å². The van der Waals surface area contributed by atoms with Crippen molar-refractivity contribution in [1.82, 2.24) is 4.57 Å². The van der Waals surface area contributed by atoms with Crippen LogP contribution in [0.3, 0.4) is 0 Å². The number of rotatable bonds is 3. The normalized spacial score (nSPS) is 13.1. The van der Waals surface area contributed by atoms with Crippen LogP contribution in [0.25, 0.3) is 81.4 Å². The highest BCUT2D eigenvalue weighted by Crippen LogP contribution is 2.44. The number of benzene rings is 7. The number of furan rings is 1. The first kappa shape index (κ1) is 32.6. The molecule has 10 aromatic rings. The summed E-state index contributed by atoms with van der Waals surface area (Å²) in [6, 6.07) is 47.1. The van der Waals surface area contributed by atoms with E-state index in [1.807, 2.05) is 11.3 Å². The molecule has 0 saturated carbocycles. The van der Waals surface area contributed by atoms with E-state index < -0.39 is 0 Å². The number of aromatic nitrogens is 1. The molecule has 4 heterocycles. The molecule has 1 N–H and O–H groups in total. The summed E-state index contributed by atoms with van der Waals surface area (Å²) >= 11 is 1.89. The molecule has 11 rings (SSSR count). The number of nitrogens with one attached hydrogen (secondary N) is 1. The van der Waals surface area contributed by atoms with Gasteiger partial charge in [-0.1, -0.05) is 114 Å². The van der Waals surface area contributed by atoms with Gasteiger partial charge in [-0.05, 0) is 97.1 Å². The highest BCUT2D eigenvalue weighted by molar-refractivity contribution is 7.29. The maximum Gasteiger partial charge on any atom is 0.211 e. The Labute approximate surface area is 325 Å². The van der Waals surface area contributed by atoms with Crippen LogP contribution in [0.5, 0.6) is 0 Å². The van der Waals surface area contributed by atoms with Gasteiger partial charge >= 0.3 is 0 Å². The first-order valence-corrected chi connectivity index (χ1v) is 20.1. The Bertz CT molecular complexity index is 3220. The molecule has 0 spiro atoms. The van der Waals surface area contributed by atoms with E-state index in [1.54, 1.807) is 0 Å².